The first-order valence-electron chi connectivity index (χ1n) is 9.16. The topological polar surface area (TPSA) is 89.5 Å². The molecule has 0 unspecified atom stereocenters. The molecule has 0 aliphatic carbocycles. The number of carbonyl (C=O) groups is 2. The highest BCUT2D eigenvalue weighted by molar-refractivity contribution is 8.00. The number of hydrogen-bond donors (Lipinski definition) is 2. The summed E-state index contributed by atoms with van der Waals surface area (Å²) in [6, 6.07) is 15.5. The highest BCUT2D eigenvalue weighted by atomic mass is 35.5. The number of carbonyl (C=O) groups excluding carboxylic acids is 2. The van der Waals surface area contributed by atoms with E-state index in [1.807, 2.05) is 12.1 Å². The Labute approximate surface area is 189 Å². The summed E-state index contributed by atoms with van der Waals surface area (Å²) in [5, 5.41) is 6.05. The van der Waals surface area contributed by atoms with Crippen LogP contribution in [-0.4, -0.2) is 36.8 Å². The maximum Gasteiger partial charge on any atom is 0.255 e. The van der Waals surface area contributed by atoms with Gasteiger partial charge in [-0.2, -0.15) is 0 Å². The Hall–Kier alpha value is -3.23. The molecule has 0 aliphatic heterocycles. The molecule has 2 amide bonds. The summed E-state index contributed by atoms with van der Waals surface area (Å²) in [6.07, 6.45) is 1.47. The quantitative estimate of drug-likeness (QED) is 0.475. The lowest BCUT2D eigenvalue weighted by molar-refractivity contribution is -0.113. The predicted octanol–water partition coefficient (Wildman–Crippen LogP) is 4.74. The van der Waals surface area contributed by atoms with E-state index >= 15 is 0 Å². The van der Waals surface area contributed by atoms with Crippen LogP contribution in [0.15, 0.2) is 65.7 Å². The molecule has 1 heterocycles. The van der Waals surface area contributed by atoms with Gasteiger partial charge in [0.05, 0.1) is 25.0 Å². The summed E-state index contributed by atoms with van der Waals surface area (Å²) >= 11 is 7.13. The lowest BCUT2D eigenvalue weighted by Gasteiger charge is -2.11. The van der Waals surface area contributed by atoms with Gasteiger partial charge in [0.15, 0.2) is 11.5 Å². The molecule has 1 aromatic heterocycles. The van der Waals surface area contributed by atoms with Gasteiger partial charge in [-0.15, -0.1) is 11.8 Å². The highest BCUT2D eigenvalue weighted by Gasteiger charge is 2.12. The van der Waals surface area contributed by atoms with Crippen molar-refractivity contribution in [3.63, 3.8) is 0 Å². The number of hydrogen-bond acceptors (Lipinski definition) is 6. The van der Waals surface area contributed by atoms with Crippen molar-refractivity contribution in [2.24, 2.45) is 0 Å². The summed E-state index contributed by atoms with van der Waals surface area (Å²) in [5.74, 6) is 1.17. The lowest BCUT2D eigenvalue weighted by Crippen LogP contribution is -2.15. The number of anilines is 2. The van der Waals surface area contributed by atoms with Gasteiger partial charge in [-0.25, -0.2) is 4.98 Å². The van der Waals surface area contributed by atoms with E-state index in [4.69, 9.17) is 21.1 Å². The number of methoxy groups -OCH3 is 2. The van der Waals surface area contributed by atoms with Crippen molar-refractivity contribution < 1.29 is 19.1 Å². The van der Waals surface area contributed by atoms with E-state index in [0.29, 0.717) is 33.6 Å². The first-order valence-corrected chi connectivity index (χ1v) is 10.5. The number of rotatable bonds is 8. The zero-order valence-corrected chi connectivity index (χ0v) is 18.4. The maximum atomic E-state index is 12.6. The third-order valence-electron chi connectivity index (χ3n) is 4.10. The molecule has 2 N–H and O–H groups in total. The van der Waals surface area contributed by atoms with E-state index in [1.165, 1.54) is 32.2 Å². The second-order valence-corrected chi connectivity index (χ2v) is 7.74. The van der Waals surface area contributed by atoms with Crippen molar-refractivity contribution in [2.75, 3.05) is 30.6 Å². The fourth-order valence-corrected chi connectivity index (χ4v) is 3.49. The number of benzene rings is 2. The molecule has 0 saturated carbocycles. The minimum atomic E-state index is -0.283. The number of nitrogens with zero attached hydrogens (tertiary/aromatic N) is 1. The van der Waals surface area contributed by atoms with Gasteiger partial charge >= 0.3 is 0 Å². The molecule has 31 heavy (non-hydrogen) atoms. The number of pyridine rings is 1. The molecule has 0 bridgehead atoms. The molecule has 0 aliphatic rings. The van der Waals surface area contributed by atoms with Crippen LogP contribution in [0.25, 0.3) is 0 Å². The lowest BCUT2D eigenvalue weighted by atomic mass is 10.2. The minimum absolute atomic E-state index is 0.192. The van der Waals surface area contributed by atoms with E-state index in [9.17, 15) is 9.59 Å². The summed E-state index contributed by atoms with van der Waals surface area (Å²) < 4.78 is 10.4. The summed E-state index contributed by atoms with van der Waals surface area (Å²) in [6.45, 7) is 0. The van der Waals surface area contributed by atoms with Gasteiger partial charge in [-0.1, -0.05) is 17.7 Å². The van der Waals surface area contributed by atoms with Gasteiger partial charge in [-0.05, 0) is 48.5 Å². The normalized spacial score (nSPS) is 10.3. The zero-order chi connectivity index (χ0) is 22.2. The van der Waals surface area contributed by atoms with Crippen LogP contribution >= 0.6 is 23.4 Å². The smallest absolute Gasteiger partial charge is 0.255 e. The molecule has 0 spiro atoms. The standard InChI is InChI=1S/C22H20ClN3O4S/c1-29-18-8-6-14(10-19(18)30-2)22(28)25-16-4-3-5-17(11-16)31-13-21(27)26-20-9-7-15(23)12-24-20/h3-12H,13H2,1-2H3,(H,25,28)(H,24,26,27). The van der Waals surface area contributed by atoms with E-state index in [-0.39, 0.29) is 17.6 Å². The average Bonchev–Trinajstić information content (AvgIpc) is 2.79. The van der Waals surface area contributed by atoms with Crippen LogP contribution in [-0.2, 0) is 4.79 Å². The number of halogens is 1. The van der Waals surface area contributed by atoms with Crippen LogP contribution in [0.2, 0.25) is 5.02 Å². The molecule has 7 nitrogen and oxygen atoms in total. The molecule has 0 radical (unpaired) electrons. The Morgan fingerprint density at radius 3 is 2.52 bits per heavy atom. The van der Waals surface area contributed by atoms with E-state index in [1.54, 1.807) is 42.5 Å². The van der Waals surface area contributed by atoms with Crippen molar-refractivity contribution >= 4 is 46.7 Å². The SMILES string of the molecule is COc1ccc(C(=O)Nc2cccc(SCC(=O)Nc3ccc(Cl)cn3)c2)cc1OC. The van der Waals surface area contributed by atoms with Gasteiger partial charge < -0.3 is 20.1 Å². The Morgan fingerprint density at radius 1 is 1.00 bits per heavy atom. The highest BCUT2D eigenvalue weighted by Crippen LogP contribution is 2.28. The summed E-state index contributed by atoms with van der Waals surface area (Å²) in [4.78, 5) is 29.6. The molecule has 160 valence electrons. The monoisotopic (exact) mass is 457 g/mol. The van der Waals surface area contributed by atoms with Gasteiger partial charge in [0.1, 0.15) is 5.82 Å². The van der Waals surface area contributed by atoms with Crippen LogP contribution in [0.1, 0.15) is 10.4 Å². The van der Waals surface area contributed by atoms with Crippen molar-refractivity contribution in [2.45, 2.75) is 4.90 Å². The average molecular weight is 458 g/mol. The predicted molar refractivity (Wildman–Crippen MR) is 123 cm³/mol. The van der Waals surface area contributed by atoms with Gasteiger partial charge in [-0.3, -0.25) is 9.59 Å². The first-order chi connectivity index (χ1) is 15.0. The van der Waals surface area contributed by atoms with E-state index < -0.39 is 0 Å². The van der Waals surface area contributed by atoms with Crippen LogP contribution in [0.4, 0.5) is 11.5 Å². The second-order valence-electron chi connectivity index (χ2n) is 6.25. The Balaban J connectivity index is 1.59. The zero-order valence-electron chi connectivity index (χ0n) is 16.8. The second kappa shape index (κ2) is 10.7. The number of aromatic nitrogens is 1. The van der Waals surface area contributed by atoms with Gasteiger partial charge in [0, 0.05) is 22.3 Å². The maximum absolute atomic E-state index is 12.6. The Bertz CT molecular complexity index is 1080. The molecular formula is C22H20ClN3O4S. The van der Waals surface area contributed by atoms with Crippen LogP contribution in [0, 0.1) is 0 Å². The molecule has 9 heteroatoms. The number of ether oxygens (including phenoxy) is 2. The van der Waals surface area contributed by atoms with Crippen LogP contribution < -0.4 is 20.1 Å². The van der Waals surface area contributed by atoms with Crippen LogP contribution in [0.3, 0.4) is 0 Å². The molecule has 2 aromatic carbocycles. The summed E-state index contributed by atoms with van der Waals surface area (Å²) in [7, 11) is 3.05. The molecule has 0 fully saturated rings. The fraction of sp³-hybridized carbons (Fsp3) is 0.136. The summed E-state index contributed by atoms with van der Waals surface area (Å²) in [5.41, 5.74) is 1.05. The van der Waals surface area contributed by atoms with E-state index in [2.05, 4.69) is 15.6 Å². The van der Waals surface area contributed by atoms with Gasteiger partial charge in [0.25, 0.3) is 5.91 Å². The molecule has 3 rings (SSSR count). The number of amides is 2. The van der Waals surface area contributed by atoms with Crippen molar-refractivity contribution in [1.29, 1.82) is 0 Å². The number of nitrogens with one attached hydrogen (secondary N) is 2. The van der Waals surface area contributed by atoms with Crippen molar-refractivity contribution in [1.82, 2.24) is 4.98 Å². The third-order valence-corrected chi connectivity index (χ3v) is 5.32. The minimum Gasteiger partial charge on any atom is -0.493 e. The molecule has 0 atom stereocenters. The first kappa shape index (κ1) is 22.5. The molecule has 3 aromatic rings. The van der Waals surface area contributed by atoms with Crippen LogP contribution in [0.5, 0.6) is 11.5 Å². The Kier molecular flexibility index (Phi) is 7.75. The van der Waals surface area contributed by atoms with E-state index in [0.717, 1.165) is 4.90 Å². The third kappa shape index (κ3) is 6.37. The van der Waals surface area contributed by atoms with Crippen molar-refractivity contribution in [3.8, 4) is 11.5 Å². The fourth-order valence-electron chi connectivity index (χ4n) is 2.62. The molecule has 0 saturated heterocycles. The Morgan fingerprint density at radius 2 is 1.81 bits per heavy atom. The molecular weight excluding hydrogens is 438 g/mol. The largest absolute Gasteiger partial charge is 0.493 e. The van der Waals surface area contributed by atoms with Gasteiger partial charge in [0.2, 0.25) is 5.91 Å². The number of thioether (sulfide) groups is 1. The van der Waals surface area contributed by atoms with Crippen molar-refractivity contribution in [3.05, 3.63) is 71.4 Å².